The zero-order chi connectivity index (χ0) is 25.7. The molecular formula is C24H36N2O7S. The summed E-state index contributed by atoms with van der Waals surface area (Å²) in [6.45, 7) is 7.96. The van der Waals surface area contributed by atoms with Crippen molar-refractivity contribution in [2.45, 2.75) is 58.5 Å². The Morgan fingerprint density at radius 3 is 2.12 bits per heavy atom. The number of ether oxygens (including phenoxy) is 3. The molecule has 190 valence electrons. The number of hydrogen-bond donors (Lipinski definition) is 3. The first-order valence-corrected chi connectivity index (χ1v) is 11.7. The molecule has 3 atom stereocenters. The van der Waals surface area contributed by atoms with Crippen LogP contribution in [0.5, 0.6) is 0 Å². The normalized spacial score (nSPS) is 13.6. The first-order chi connectivity index (χ1) is 16.0. The third-order valence-corrected chi connectivity index (χ3v) is 5.33. The van der Waals surface area contributed by atoms with Gasteiger partial charge >= 0.3 is 17.9 Å². The van der Waals surface area contributed by atoms with Crippen LogP contribution in [0, 0.1) is 5.92 Å². The third-order valence-electron chi connectivity index (χ3n) is 4.84. The van der Waals surface area contributed by atoms with Crippen LogP contribution in [0.4, 0.5) is 0 Å². The monoisotopic (exact) mass is 496 g/mol. The number of aliphatic carboxylic acids is 1. The molecule has 0 aliphatic rings. The van der Waals surface area contributed by atoms with Gasteiger partial charge in [-0.25, -0.2) is 4.79 Å². The van der Waals surface area contributed by atoms with E-state index in [-0.39, 0.29) is 43.3 Å². The van der Waals surface area contributed by atoms with Crippen LogP contribution in [0.1, 0.15) is 51.2 Å². The Morgan fingerprint density at radius 2 is 1.59 bits per heavy atom. The molecule has 0 saturated heterocycles. The highest BCUT2D eigenvalue weighted by atomic mass is 32.1. The largest absolute Gasteiger partial charge is 0.480 e. The lowest BCUT2D eigenvalue weighted by molar-refractivity contribution is -0.151. The maximum atomic E-state index is 12.2. The van der Waals surface area contributed by atoms with Gasteiger partial charge in [0.25, 0.3) is 0 Å². The van der Waals surface area contributed by atoms with Gasteiger partial charge in [-0.05, 0) is 37.3 Å². The van der Waals surface area contributed by atoms with Crippen molar-refractivity contribution in [3.05, 3.63) is 35.4 Å². The van der Waals surface area contributed by atoms with Crippen molar-refractivity contribution in [1.29, 1.82) is 0 Å². The molecule has 0 amide bonds. The second kappa shape index (κ2) is 15.4. The molecule has 9 nitrogen and oxygen atoms in total. The van der Waals surface area contributed by atoms with Crippen molar-refractivity contribution in [1.82, 2.24) is 5.32 Å². The number of rotatable bonds is 15. The fourth-order valence-electron chi connectivity index (χ4n) is 2.92. The number of nitrogens with one attached hydrogen (secondary N) is 1. The minimum Gasteiger partial charge on any atom is -0.480 e. The van der Waals surface area contributed by atoms with Gasteiger partial charge in [0, 0.05) is 0 Å². The third kappa shape index (κ3) is 11.5. The molecule has 0 aliphatic heterocycles. The molecule has 0 radical (unpaired) electrons. The molecule has 0 fully saturated rings. The second-order valence-electron chi connectivity index (χ2n) is 8.45. The van der Waals surface area contributed by atoms with Gasteiger partial charge in [-0.15, -0.1) is 0 Å². The van der Waals surface area contributed by atoms with Crippen LogP contribution < -0.4 is 11.1 Å². The molecule has 0 heterocycles. The summed E-state index contributed by atoms with van der Waals surface area (Å²) in [5, 5.41) is 11.7. The molecule has 1 aromatic carbocycles. The topological polar surface area (TPSA) is 137 Å². The number of esters is 2. The lowest BCUT2D eigenvalue weighted by Crippen LogP contribution is -2.47. The smallest absolute Gasteiger partial charge is 0.326 e. The molecule has 0 spiro atoms. The van der Waals surface area contributed by atoms with Crippen molar-refractivity contribution in [3.8, 4) is 0 Å². The maximum Gasteiger partial charge on any atom is 0.326 e. The number of nitrogens with two attached hydrogens (primary N) is 1. The maximum absolute atomic E-state index is 12.2. The van der Waals surface area contributed by atoms with E-state index < -0.39 is 30.4 Å². The fraction of sp³-hybridized carbons (Fsp3) is 0.583. The Balaban J connectivity index is 2.24. The highest BCUT2D eigenvalue weighted by Gasteiger charge is 2.23. The van der Waals surface area contributed by atoms with Gasteiger partial charge in [0.05, 0.1) is 36.6 Å². The van der Waals surface area contributed by atoms with Crippen LogP contribution in [0.3, 0.4) is 0 Å². The summed E-state index contributed by atoms with van der Waals surface area (Å²) < 4.78 is 15.5. The van der Waals surface area contributed by atoms with Gasteiger partial charge < -0.3 is 30.4 Å². The summed E-state index contributed by atoms with van der Waals surface area (Å²) >= 11 is 4.95. The van der Waals surface area contributed by atoms with Crippen LogP contribution in [-0.2, 0) is 35.0 Å². The number of hydrogen-bond acceptors (Lipinski definition) is 8. The number of carbonyl (C=O) groups excluding carboxylic acids is 2. The van der Waals surface area contributed by atoms with E-state index in [4.69, 9.17) is 32.2 Å². The van der Waals surface area contributed by atoms with Crippen molar-refractivity contribution < 1.29 is 33.7 Å². The van der Waals surface area contributed by atoms with Crippen molar-refractivity contribution >= 4 is 35.1 Å². The van der Waals surface area contributed by atoms with Gasteiger partial charge in [0.15, 0.2) is 0 Å². The minimum absolute atomic E-state index is 0.0595. The molecule has 0 saturated carbocycles. The minimum atomic E-state index is -1.24. The van der Waals surface area contributed by atoms with E-state index in [0.717, 1.165) is 12.0 Å². The number of benzene rings is 1. The van der Waals surface area contributed by atoms with E-state index >= 15 is 0 Å². The first kappa shape index (κ1) is 29.5. The highest BCUT2D eigenvalue weighted by molar-refractivity contribution is 7.80. The Kier molecular flexibility index (Phi) is 13.3. The Morgan fingerprint density at radius 1 is 1.00 bits per heavy atom. The van der Waals surface area contributed by atoms with Crippen LogP contribution in [-0.4, -0.2) is 66.5 Å². The quantitative estimate of drug-likeness (QED) is 0.188. The van der Waals surface area contributed by atoms with E-state index in [1.165, 1.54) is 5.56 Å². The van der Waals surface area contributed by atoms with E-state index in [1.54, 1.807) is 13.8 Å². The summed E-state index contributed by atoms with van der Waals surface area (Å²) in [7, 11) is 0. The van der Waals surface area contributed by atoms with E-state index in [9.17, 15) is 19.5 Å². The zero-order valence-corrected chi connectivity index (χ0v) is 21.1. The molecule has 1 rings (SSSR count). The molecule has 10 heteroatoms. The van der Waals surface area contributed by atoms with Crippen LogP contribution in [0.15, 0.2) is 24.3 Å². The summed E-state index contributed by atoms with van der Waals surface area (Å²) in [5.74, 6) is -2.11. The zero-order valence-electron chi connectivity index (χ0n) is 20.2. The van der Waals surface area contributed by atoms with Gasteiger partial charge in [-0.1, -0.05) is 50.3 Å². The summed E-state index contributed by atoms with van der Waals surface area (Å²) in [6, 6.07) is 6.20. The highest BCUT2D eigenvalue weighted by Crippen LogP contribution is 2.18. The van der Waals surface area contributed by atoms with Gasteiger partial charge in [-0.3, -0.25) is 9.59 Å². The summed E-state index contributed by atoms with van der Waals surface area (Å²) in [5.41, 5.74) is 7.70. The second-order valence-corrected chi connectivity index (χ2v) is 8.89. The van der Waals surface area contributed by atoms with Crippen molar-refractivity contribution in [3.63, 3.8) is 0 Å². The van der Waals surface area contributed by atoms with Crippen molar-refractivity contribution in [2.24, 2.45) is 11.7 Å². The first-order valence-electron chi connectivity index (χ1n) is 11.3. The van der Waals surface area contributed by atoms with Crippen molar-refractivity contribution in [2.75, 3.05) is 26.4 Å². The number of thiocarbonyl (C=S) groups is 1. The SMILES string of the molecule is CC(C)Cc1ccc([C@H](C)C(=O)OCCOCCOC(=O)C[C@H](NC(=S)[C@H](C)N)C(=O)O)cc1. The molecule has 0 bridgehead atoms. The number of carboxylic acid groups (broad SMARTS) is 1. The van der Waals surface area contributed by atoms with Crippen LogP contribution in [0.2, 0.25) is 0 Å². The predicted molar refractivity (Wildman–Crippen MR) is 132 cm³/mol. The lowest BCUT2D eigenvalue weighted by atomic mass is 9.97. The number of carboxylic acids is 1. The molecule has 0 unspecified atom stereocenters. The molecule has 34 heavy (non-hydrogen) atoms. The lowest BCUT2D eigenvalue weighted by Gasteiger charge is -2.17. The van der Waals surface area contributed by atoms with Gasteiger partial charge in [-0.2, -0.15) is 0 Å². The average molecular weight is 497 g/mol. The molecular weight excluding hydrogens is 460 g/mol. The molecule has 4 N–H and O–H groups in total. The number of carbonyl (C=O) groups is 3. The van der Waals surface area contributed by atoms with Gasteiger partial charge in [0.2, 0.25) is 0 Å². The van der Waals surface area contributed by atoms with Crippen LogP contribution in [0.25, 0.3) is 0 Å². The molecule has 1 aromatic rings. The Labute approximate surface area is 206 Å². The fourth-order valence-corrected chi connectivity index (χ4v) is 3.06. The summed E-state index contributed by atoms with van der Waals surface area (Å²) in [6.07, 6.45) is 0.584. The molecule has 0 aromatic heterocycles. The van der Waals surface area contributed by atoms with Crippen LogP contribution >= 0.6 is 12.2 Å². The van der Waals surface area contributed by atoms with E-state index in [2.05, 4.69) is 19.2 Å². The average Bonchev–Trinajstić information content (AvgIpc) is 2.77. The van der Waals surface area contributed by atoms with E-state index in [1.807, 2.05) is 24.3 Å². The Hall–Kier alpha value is -2.56. The standard InChI is InChI=1S/C24H36N2O7S/c1-15(2)13-18-5-7-19(8-6-18)16(3)24(30)33-12-10-31-9-11-32-21(27)14-20(23(28)29)26-22(34)17(4)25/h5-8,15-17,20H,9-14,25H2,1-4H3,(H,26,34)(H,28,29)/t16-,17-,20-/m0/s1. The van der Waals surface area contributed by atoms with E-state index in [0.29, 0.717) is 5.92 Å². The summed E-state index contributed by atoms with van der Waals surface area (Å²) in [4.78, 5) is 35.5. The molecule has 0 aliphatic carbocycles. The predicted octanol–water partition coefficient (Wildman–Crippen LogP) is 2.20. The van der Waals surface area contributed by atoms with Gasteiger partial charge in [0.1, 0.15) is 19.3 Å². The Bertz CT molecular complexity index is 812.